The van der Waals surface area contributed by atoms with E-state index in [4.69, 9.17) is 19.3 Å². The Bertz CT molecular complexity index is 1090. The molecule has 3 aromatic rings. The molecule has 3 rings (SSSR count). The molecular formula is C23H28N4O6. The van der Waals surface area contributed by atoms with Crippen LogP contribution in [0.1, 0.15) is 20.8 Å². The zero-order chi connectivity index (χ0) is 23.8. The fourth-order valence-electron chi connectivity index (χ4n) is 2.98. The monoisotopic (exact) mass is 456 g/mol. The summed E-state index contributed by atoms with van der Waals surface area (Å²) in [6, 6.07) is 12.6. The van der Waals surface area contributed by atoms with Crippen molar-refractivity contribution >= 4 is 28.9 Å². The molecule has 0 spiro atoms. The van der Waals surface area contributed by atoms with Crippen LogP contribution in [-0.4, -0.2) is 58.8 Å². The van der Waals surface area contributed by atoms with Gasteiger partial charge in [0.1, 0.15) is 24.3 Å². The van der Waals surface area contributed by atoms with Crippen molar-refractivity contribution in [2.24, 2.45) is 0 Å². The topological polar surface area (TPSA) is 124 Å². The highest BCUT2D eigenvalue weighted by atomic mass is 16.6. The van der Waals surface area contributed by atoms with Crippen molar-refractivity contribution < 1.29 is 28.9 Å². The van der Waals surface area contributed by atoms with Crippen LogP contribution in [0.3, 0.4) is 0 Å². The quantitative estimate of drug-likeness (QED) is 0.415. The number of carboxylic acid groups (broad SMARTS) is 1. The zero-order valence-electron chi connectivity index (χ0n) is 18.8. The van der Waals surface area contributed by atoms with E-state index in [1.165, 1.54) is 0 Å². The number of nitrogens with one attached hydrogen (secondary N) is 2. The number of imidazole rings is 1. The minimum atomic E-state index is -1.11. The van der Waals surface area contributed by atoms with Gasteiger partial charge >= 0.3 is 12.2 Å². The van der Waals surface area contributed by atoms with Crippen molar-refractivity contribution in [2.45, 2.75) is 26.4 Å². The van der Waals surface area contributed by atoms with Crippen LogP contribution in [0.2, 0.25) is 0 Å². The number of amides is 2. The highest BCUT2D eigenvalue weighted by Gasteiger charge is 2.15. The first kappa shape index (κ1) is 23.9. The Hall–Kier alpha value is -3.79. The molecule has 3 N–H and O–H groups in total. The second-order valence-corrected chi connectivity index (χ2v) is 8.13. The van der Waals surface area contributed by atoms with Crippen LogP contribution in [0, 0.1) is 0 Å². The van der Waals surface area contributed by atoms with E-state index < -0.39 is 17.8 Å². The summed E-state index contributed by atoms with van der Waals surface area (Å²) in [6.45, 7) is 6.86. The maximum absolute atomic E-state index is 11.5. The molecule has 10 nitrogen and oxygen atoms in total. The second-order valence-electron chi connectivity index (χ2n) is 8.13. The number of alkyl carbamates (subject to hydrolysis) is 1. The SMILES string of the molecule is CC(C)(C)OC(=O)NCCOCCOc1ccc2c(c1)ncn2-c1ccc(NC(=O)O)cc1. The standard InChI is InChI=1S/C23H28N4O6/c1-23(2,3)33-22(30)24-10-11-31-12-13-32-18-8-9-20-19(14-18)25-15-27(20)17-6-4-16(5-7-17)26-21(28)29/h4-9,14-15,26H,10-13H2,1-3H3,(H,24,30)(H,28,29). The van der Waals surface area contributed by atoms with E-state index in [9.17, 15) is 9.59 Å². The highest BCUT2D eigenvalue weighted by molar-refractivity contribution is 5.83. The third-order valence-electron chi connectivity index (χ3n) is 4.33. The van der Waals surface area contributed by atoms with E-state index in [-0.39, 0.29) is 0 Å². The molecule has 1 aromatic heterocycles. The number of carbonyl (C=O) groups excluding carboxylic acids is 1. The van der Waals surface area contributed by atoms with Gasteiger partial charge in [0.25, 0.3) is 0 Å². The summed E-state index contributed by atoms with van der Waals surface area (Å²) in [5, 5.41) is 13.7. The van der Waals surface area contributed by atoms with Crippen molar-refractivity contribution in [1.82, 2.24) is 14.9 Å². The van der Waals surface area contributed by atoms with Gasteiger partial charge in [0.15, 0.2) is 0 Å². The molecule has 0 radical (unpaired) electrons. The van der Waals surface area contributed by atoms with Gasteiger partial charge in [-0.1, -0.05) is 0 Å². The molecule has 10 heteroatoms. The molecule has 0 fully saturated rings. The Morgan fingerprint density at radius 2 is 1.82 bits per heavy atom. The maximum Gasteiger partial charge on any atom is 0.409 e. The highest BCUT2D eigenvalue weighted by Crippen LogP contribution is 2.23. The Morgan fingerprint density at radius 1 is 1.06 bits per heavy atom. The van der Waals surface area contributed by atoms with Crippen LogP contribution < -0.4 is 15.4 Å². The first-order valence-electron chi connectivity index (χ1n) is 10.5. The average Bonchev–Trinajstić information content (AvgIpc) is 3.15. The lowest BCUT2D eigenvalue weighted by molar-refractivity contribution is 0.0489. The zero-order valence-corrected chi connectivity index (χ0v) is 18.8. The lowest BCUT2D eigenvalue weighted by atomic mass is 10.2. The number of aromatic nitrogens is 2. The number of hydrogen-bond donors (Lipinski definition) is 3. The summed E-state index contributed by atoms with van der Waals surface area (Å²) in [4.78, 5) is 26.7. The fourth-order valence-corrected chi connectivity index (χ4v) is 2.98. The molecule has 1 heterocycles. The van der Waals surface area contributed by atoms with Crippen molar-refractivity contribution in [1.29, 1.82) is 0 Å². The van der Waals surface area contributed by atoms with Crippen LogP contribution in [0.5, 0.6) is 5.75 Å². The predicted molar refractivity (Wildman–Crippen MR) is 123 cm³/mol. The summed E-state index contributed by atoms with van der Waals surface area (Å²) in [5.74, 6) is 0.671. The minimum absolute atomic E-state index is 0.353. The van der Waals surface area contributed by atoms with Crippen molar-refractivity contribution in [3.8, 4) is 11.4 Å². The van der Waals surface area contributed by atoms with E-state index in [0.29, 0.717) is 37.8 Å². The molecule has 2 amide bonds. The van der Waals surface area contributed by atoms with Crippen molar-refractivity contribution in [3.05, 3.63) is 48.8 Å². The van der Waals surface area contributed by atoms with Gasteiger partial charge in [-0.25, -0.2) is 14.6 Å². The smallest absolute Gasteiger partial charge is 0.409 e. The number of carbonyl (C=O) groups is 2. The molecule has 2 aromatic carbocycles. The van der Waals surface area contributed by atoms with Crippen LogP contribution in [0.15, 0.2) is 48.8 Å². The normalized spacial score (nSPS) is 11.2. The van der Waals surface area contributed by atoms with E-state index in [2.05, 4.69) is 15.6 Å². The Morgan fingerprint density at radius 3 is 2.52 bits per heavy atom. The number of ether oxygens (including phenoxy) is 3. The van der Waals surface area contributed by atoms with Crippen molar-refractivity contribution in [2.75, 3.05) is 31.7 Å². The van der Waals surface area contributed by atoms with Crippen LogP contribution >= 0.6 is 0 Å². The lowest BCUT2D eigenvalue weighted by Gasteiger charge is -2.19. The molecule has 33 heavy (non-hydrogen) atoms. The second kappa shape index (κ2) is 10.7. The third-order valence-corrected chi connectivity index (χ3v) is 4.33. The summed E-state index contributed by atoms with van der Waals surface area (Å²) in [6.07, 6.45) is 0.128. The first-order valence-corrected chi connectivity index (χ1v) is 10.5. The molecule has 0 unspecified atom stereocenters. The molecular weight excluding hydrogens is 428 g/mol. The van der Waals surface area contributed by atoms with E-state index in [0.717, 1.165) is 16.7 Å². The molecule has 0 aliphatic rings. The third kappa shape index (κ3) is 7.39. The molecule has 176 valence electrons. The van der Waals surface area contributed by atoms with Crippen LogP contribution in [0.25, 0.3) is 16.7 Å². The van der Waals surface area contributed by atoms with E-state index in [1.54, 1.807) is 39.2 Å². The number of anilines is 1. The first-order chi connectivity index (χ1) is 15.7. The van der Waals surface area contributed by atoms with Gasteiger partial charge < -0.3 is 24.6 Å². The van der Waals surface area contributed by atoms with Crippen LogP contribution in [-0.2, 0) is 9.47 Å². The summed E-state index contributed by atoms with van der Waals surface area (Å²) in [7, 11) is 0. The fraction of sp³-hybridized carbons (Fsp3) is 0.348. The van der Waals surface area contributed by atoms with Gasteiger partial charge in [0.2, 0.25) is 0 Å². The summed E-state index contributed by atoms with van der Waals surface area (Å²) in [5.41, 5.74) is 2.48. The molecule has 0 saturated heterocycles. The van der Waals surface area contributed by atoms with Gasteiger partial charge in [-0.3, -0.25) is 9.88 Å². The number of hydrogen-bond acceptors (Lipinski definition) is 6. The molecule has 0 aliphatic carbocycles. The number of nitrogens with zero attached hydrogens (tertiary/aromatic N) is 2. The summed E-state index contributed by atoms with van der Waals surface area (Å²) < 4.78 is 18.2. The molecule has 0 bridgehead atoms. The Kier molecular flexibility index (Phi) is 7.73. The maximum atomic E-state index is 11.5. The van der Waals surface area contributed by atoms with Gasteiger partial charge in [-0.2, -0.15) is 0 Å². The Labute approximate surface area is 191 Å². The average molecular weight is 456 g/mol. The molecule has 0 atom stereocenters. The van der Waals surface area contributed by atoms with Gasteiger partial charge in [-0.15, -0.1) is 0 Å². The van der Waals surface area contributed by atoms with Gasteiger partial charge in [0, 0.05) is 24.0 Å². The van der Waals surface area contributed by atoms with Gasteiger partial charge in [-0.05, 0) is 57.2 Å². The van der Waals surface area contributed by atoms with Gasteiger partial charge in [0.05, 0.1) is 24.2 Å². The largest absolute Gasteiger partial charge is 0.491 e. The van der Waals surface area contributed by atoms with Crippen molar-refractivity contribution in [3.63, 3.8) is 0 Å². The van der Waals surface area contributed by atoms with Crippen LogP contribution in [0.4, 0.5) is 15.3 Å². The lowest BCUT2D eigenvalue weighted by Crippen LogP contribution is -2.34. The summed E-state index contributed by atoms with van der Waals surface area (Å²) >= 11 is 0. The number of rotatable bonds is 9. The molecule has 0 aliphatic heterocycles. The number of benzene rings is 2. The predicted octanol–water partition coefficient (Wildman–Crippen LogP) is 4.04. The minimum Gasteiger partial charge on any atom is -0.491 e. The number of fused-ring (bicyclic) bond motifs is 1. The van der Waals surface area contributed by atoms with E-state index in [1.807, 2.05) is 34.9 Å². The molecule has 0 saturated carbocycles. The van der Waals surface area contributed by atoms with E-state index >= 15 is 0 Å². The Balaban J connectivity index is 1.45.